The van der Waals surface area contributed by atoms with E-state index >= 15 is 0 Å². The first-order valence-electron chi connectivity index (χ1n) is 14.0. The molecule has 0 radical (unpaired) electrons. The molecule has 2 heterocycles. The van der Waals surface area contributed by atoms with Crippen LogP contribution in [0.1, 0.15) is 73.9 Å². The lowest BCUT2D eigenvalue weighted by Crippen LogP contribution is -2.25. The van der Waals surface area contributed by atoms with Gasteiger partial charge in [0, 0.05) is 31.1 Å². The van der Waals surface area contributed by atoms with Crippen LogP contribution in [-0.4, -0.2) is 28.6 Å². The van der Waals surface area contributed by atoms with Gasteiger partial charge in [0.25, 0.3) is 0 Å². The standard InChI is InChI=1S/C33H39N3O2/c1-5-23(2)26-15-17-28(18-16-26)38-20-9-8-19-35-31-13-7-6-12-29(31)34-33(35)27-21-32(37)36(22-27)30-14-10-11-24(3)25(30)4/h6-7,10-18,23,27H,5,8-9,19-22H2,1-4H3. The van der Waals surface area contributed by atoms with Gasteiger partial charge in [0.1, 0.15) is 11.6 Å². The number of unbranched alkanes of at least 4 members (excludes halogenated alkanes) is 1. The zero-order chi connectivity index (χ0) is 26.6. The Hall–Kier alpha value is -3.60. The summed E-state index contributed by atoms with van der Waals surface area (Å²) in [7, 11) is 0. The third-order valence-electron chi connectivity index (χ3n) is 8.15. The number of aromatic nitrogens is 2. The van der Waals surface area contributed by atoms with Crippen molar-refractivity contribution in [1.29, 1.82) is 0 Å². The number of nitrogens with zero attached hydrogens (tertiary/aromatic N) is 3. The molecular formula is C33H39N3O2. The van der Waals surface area contributed by atoms with E-state index in [2.05, 4.69) is 86.9 Å². The predicted octanol–water partition coefficient (Wildman–Crippen LogP) is 7.55. The highest BCUT2D eigenvalue weighted by molar-refractivity contribution is 5.97. The van der Waals surface area contributed by atoms with Crippen molar-refractivity contribution >= 4 is 22.6 Å². The van der Waals surface area contributed by atoms with Gasteiger partial charge in [-0.05, 0) is 86.1 Å². The Kier molecular flexibility index (Phi) is 7.82. The van der Waals surface area contributed by atoms with Gasteiger partial charge in [0.15, 0.2) is 0 Å². The van der Waals surface area contributed by atoms with Crippen molar-refractivity contribution in [3.8, 4) is 5.75 Å². The number of benzene rings is 3. The van der Waals surface area contributed by atoms with Crippen molar-refractivity contribution in [2.45, 2.75) is 71.8 Å². The Bertz CT molecular complexity index is 1410. The molecule has 0 spiro atoms. The second-order valence-electron chi connectivity index (χ2n) is 10.7. The van der Waals surface area contributed by atoms with Crippen LogP contribution < -0.4 is 9.64 Å². The molecule has 0 aliphatic carbocycles. The smallest absolute Gasteiger partial charge is 0.227 e. The Labute approximate surface area is 226 Å². The maximum atomic E-state index is 13.1. The maximum Gasteiger partial charge on any atom is 0.227 e. The Morgan fingerprint density at radius 1 is 1.00 bits per heavy atom. The fourth-order valence-corrected chi connectivity index (χ4v) is 5.47. The number of imidazole rings is 1. The monoisotopic (exact) mass is 509 g/mol. The molecule has 1 aliphatic rings. The molecule has 3 aromatic carbocycles. The number of para-hydroxylation sites is 2. The van der Waals surface area contributed by atoms with Gasteiger partial charge in [-0.1, -0.05) is 50.2 Å². The van der Waals surface area contributed by atoms with Gasteiger partial charge >= 0.3 is 0 Å². The number of carbonyl (C=O) groups is 1. The van der Waals surface area contributed by atoms with Crippen molar-refractivity contribution in [2.75, 3.05) is 18.1 Å². The zero-order valence-electron chi connectivity index (χ0n) is 23.1. The minimum atomic E-state index is 0.0788. The maximum absolute atomic E-state index is 13.1. The summed E-state index contributed by atoms with van der Waals surface area (Å²) >= 11 is 0. The molecule has 2 atom stereocenters. The second kappa shape index (κ2) is 11.4. The van der Waals surface area contributed by atoms with Gasteiger partial charge in [0.2, 0.25) is 5.91 Å². The lowest BCUT2D eigenvalue weighted by Gasteiger charge is -2.20. The van der Waals surface area contributed by atoms with Crippen LogP contribution in [0.4, 0.5) is 5.69 Å². The van der Waals surface area contributed by atoms with Crippen LogP contribution in [-0.2, 0) is 11.3 Å². The van der Waals surface area contributed by atoms with Gasteiger partial charge in [-0.15, -0.1) is 0 Å². The van der Waals surface area contributed by atoms with Crippen molar-refractivity contribution in [2.24, 2.45) is 0 Å². The summed E-state index contributed by atoms with van der Waals surface area (Å²) in [5.41, 5.74) is 6.90. The molecule has 198 valence electrons. The molecule has 1 fully saturated rings. The fraction of sp³-hybridized carbons (Fsp3) is 0.394. The van der Waals surface area contributed by atoms with Gasteiger partial charge in [0.05, 0.1) is 17.6 Å². The highest BCUT2D eigenvalue weighted by Gasteiger charge is 2.35. The van der Waals surface area contributed by atoms with E-state index in [1.165, 1.54) is 16.7 Å². The van der Waals surface area contributed by atoms with Crippen LogP contribution in [0.2, 0.25) is 0 Å². The summed E-state index contributed by atoms with van der Waals surface area (Å²) in [5, 5.41) is 0. The van der Waals surface area contributed by atoms with E-state index in [1.54, 1.807) is 0 Å². The van der Waals surface area contributed by atoms with Gasteiger partial charge in [-0.25, -0.2) is 4.98 Å². The average molecular weight is 510 g/mol. The third kappa shape index (κ3) is 5.33. The molecule has 0 N–H and O–H groups in total. The molecule has 0 bridgehead atoms. The van der Waals surface area contributed by atoms with E-state index in [0.29, 0.717) is 25.5 Å². The van der Waals surface area contributed by atoms with E-state index in [4.69, 9.17) is 9.72 Å². The summed E-state index contributed by atoms with van der Waals surface area (Å²) in [6.45, 7) is 10.9. The molecular weight excluding hydrogens is 470 g/mol. The molecule has 5 heteroatoms. The Morgan fingerprint density at radius 3 is 2.58 bits per heavy atom. The van der Waals surface area contributed by atoms with Gasteiger partial charge in [-0.3, -0.25) is 4.79 Å². The van der Waals surface area contributed by atoms with Crippen LogP contribution in [0.3, 0.4) is 0 Å². The number of amides is 1. The highest BCUT2D eigenvalue weighted by Crippen LogP contribution is 2.35. The van der Waals surface area contributed by atoms with E-state index in [9.17, 15) is 4.79 Å². The second-order valence-corrected chi connectivity index (χ2v) is 10.7. The van der Waals surface area contributed by atoms with Crippen LogP contribution in [0, 0.1) is 13.8 Å². The first-order chi connectivity index (χ1) is 18.5. The summed E-state index contributed by atoms with van der Waals surface area (Å²) in [5.74, 6) is 2.78. The highest BCUT2D eigenvalue weighted by atomic mass is 16.5. The van der Waals surface area contributed by atoms with Gasteiger partial charge < -0.3 is 14.2 Å². The van der Waals surface area contributed by atoms with Crippen molar-refractivity contribution < 1.29 is 9.53 Å². The minimum absolute atomic E-state index is 0.0788. The lowest BCUT2D eigenvalue weighted by molar-refractivity contribution is -0.117. The molecule has 1 amide bonds. The van der Waals surface area contributed by atoms with Crippen molar-refractivity contribution in [3.05, 3.63) is 89.2 Å². The summed E-state index contributed by atoms with van der Waals surface area (Å²) in [6, 6.07) is 23.0. The lowest BCUT2D eigenvalue weighted by atomic mass is 9.99. The van der Waals surface area contributed by atoms with Gasteiger partial charge in [-0.2, -0.15) is 0 Å². The zero-order valence-corrected chi connectivity index (χ0v) is 23.1. The number of hydrogen-bond acceptors (Lipinski definition) is 3. The molecule has 1 saturated heterocycles. The quantitative estimate of drug-likeness (QED) is 0.207. The van der Waals surface area contributed by atoms with E-state index in [1.807, 2.05) is 17.0 Å². The Balaban J connectivity index is 1.26. The van der Waals surface area contributed by atoms with Crippen molar-refractivity contribution in [3.63, 3.8) is 0 Å². The largest absolute Gasteiger partial charge is 0.494 e. The Morgan fingerprint density at radius 2 is 1.79 bits per heavy atom. The fourth-order valence-electron chi connectivity index (χ4n) is 5.47. The topological polar surface area (TPSA) is 47.4 Å². The summed E-state index contributed by atoms with van der Waals surface area (Å²) < 4.78 is 8.37. The average Bonchev–Trinajstić information content (AvgIpc) is 3.50. The number of ether oxygens (including phenoxy) is 1. The molecule has 5 rings (SSSR count). The number of aryl methyl sites for hydroxylation is 2. The van der Waals surface area contributed by atoms with Crippen LogP contribution in [0.25, 0.3) is 11.0 Å². The minimum Gasteiger partial charge on any atom is -0.494 e. The molecule has 5 nitrogen and oxygen atoms in total. The number of hydrogen-bond donors (Lipinski definition) is 0. The number of carbonyl (C=O) groups excluding carboxylic acids is 1. The SMILES string of the molecule is CCC(C)c1ccc(OCCCCn2c(C3CC(=O)N(c4cccc(C)c4C)C3)nc3ccccc32)cc1. The predicted molar refractivity (Wildman–Crippen MR) is 155 cm³/mol. The molecule has 1 aliphatic heterocycles. The van der Waals surface area contributed by atoms with Crippen LogP contribution in [0.5, 0.6) is 5.75 Å². The van der Waals surface area contributed by atoms with Crippen LogP contribution in [0.15, 0.2) is 66.7 Å². The number of anilines is 1. The van der Waals surface area contributed by atoms with E-state index in [0.717, 1.165) is 54.1 Å². The number of rotatable bonds is 10. The third-order valence-corrected chi connectivity index (χ3v) is 8.15. The first kappa shape index (κ1) is 26.0. The molecule has 1 aromatic heterocycles. The van der Waals surface area contributed by atoms with E-state index < -0.39 is 0 Å². The number of fused-ring (bicyclic) bond motifs is 1. The molecule has 4 aromatic rings. The molecule has 2 unspecified atom stereocenters. The normalized spacial score (nSPS) is 16.4. The summed E-state index contributed by atoms with van der Waals surface area (Å²) in [4.78, 5) is 20.1. The van der Waals surface area contributed by atoms with Crippen LogP contribution >= 0.6 is 0 Å². The molecule has 38 heavy (non-hydrogen) atoms. The molecule has 0 saturated carbocycles. The first-order valence-corrected chi connectivity index (χ1v) is 14.0. The van der Waals surface area contributed by atoms with Crippen molar-refractivity contribution in [1.82, 2.24) is 9.55 Å². The van der Waals surface area contributed by atoms with E-state index in [-0.39, 0.29) is 11.8 Å². The summed E-state index contributed by atoms with van der Waals surface area (Å²) in [6.07, 6.45) is 3.58.